The monoisotopic (exact) mass is 328 g/mol. The molecule has 1 aliphatic heterocycles. The third-order valence-electron chi connectivity index (χ3n) is 4.46. The van der Waals surface area contributed by atoms with Crippen molar-refractivity contribution in [2.75, 3.05) is 13.1 Å². The maximum atomic E-state index is 12.1. The molecule has 1 aromatic heterocycles. The summed E-state index contributed by atoms with van der Waals surface area (Å²) in [4.78, 5) is 27.2. The van der Waals surface area contributed by atoms with Crippen molar-refractivity contribution in [3.05, 3.63) is 63.5 Å². The van der Waals surface area contributed by atoms with Crippen LogP contribution in [-0.2, 0) is 13.0 Å². The Hall–Kier alpha value is -2.67. The Morgan fingerprint density at radius 2 is 2.17 bits per heavy atom. The molecule has 0 saturated heterocycles. The van der Waals surface area contributed by atoms with E-state index in [4.69, 9.17) is 0 Å². The smallest absolute Gasteiger partial charge is 0.287 e. The number of carbonyl (C=O) groups excluding carboxylic acids is 1. The van der Waals surface area contributed by atoms with Gasteiger partial charge < -0.3 is 10.3 Å². The van der Waals surface area contributed by atoms with Gasteiger partial charge in [-0.15, -0.1) is 0 Å². The van der Waals surface area contributed by atoms with E-state index in [0.717, 1.165) is 19.5 Å². The molecule has 3 rings (SSSR count). The minimum atomic E-state index is -0.527. The number of carbonyl (C=O) groups is 1. The summed E-state index contributed by atoms with van der Waals surface area (Å²) in [6, 6.07) is 9.85. The molecular formula is C17H20N4O3. The molecule has 1 amide bonds. The van der Waals surface area contributed by atoms with Gasteiger partial charge in [0.2, 0.25) is 0 Å². The number of nitrogens with zero attached hydrogens (tertiary/aromatic N) is 2. The van der Waals surface area contributed by atoms with E-state index in [-0.39, 0.29) is 23.3 Å². The van der Waals surface area contributed by atoms with Crippen LogP contribution in [0.15, 0.2) is 36.5 Å². The van der Waals surface area contributed by atoms with Crippen molar-refractivity contribution >= 4 is 11.6 Å². The molecule has 126 valence electrons. The summed E-state index contributed by atoms with van der Waals surface area (Å²) in [5.74, 6) is -0.327. The summed E-state index contributed by atoms with van der Waals surface area (Å²) in [6.07, 6.45) is 2.23. The maximum absolute atomic E-state index is 12.1. The lowest BCUT2D eigenvalue weighted by Gasteiger charge is -2.33. The Labute approximate surface area is 139 Å². The highest BCUT2D eigenvalue weighted by molar-refractivity contribution is 5.93. The van der Waals surface area contributed by atoms with Crippen molar-refractivity contribution in [2.45, 2.75) is 25.9 Å². The number of nitro groups is 1. The first-order chi connectivity index (χ1) is 11.5. The molecule has 1 aliphatic rings. The molecule has 0 aliphatic carbocycles. The van der Waals surface area contributed by atoms with Gasteiger partial charge in [-0.05, 0) is 24.5 Å². The Bertz CT molecular complexity index is 756. The van der Waals surface area contributed by atoms with Gasteiger partial charge in [0.15, 0.2) is 0 Å². The molecule has 0 saturated carbocycles. The lowest BCUT2D eigenvalue weighted by atomic mass is 9.99. The van der Waals surface area contributed by atoms with E-state index >= 15 is 0 Å². The van der Waals surface area contributed by atoms with Gasteiger partial charge in [-0.1, -0.05) is 24.3 Å². The zero-order valence-electron chi connectivity index (χ0n) is 13.5. The molecule has 7 nitrogen and oxygen atoms in total. The predicted octanol–water partition coefficient (Wildman–Crippen LogP) is 2.10. The molecule has 0 radical (unpaired) electrons. The van der Waals surface area contributed by atoms with E-state index in [9.17, 15) is 14.9 Å². The van der Waals surface area contributed by atoms with Crippen LogP contribution in [0.3, 0.4) is 0 Å². The first kappa shape index (κ1) is 16.2. The Kier molecular flexibility index (Phi) is 4.61. The van der Waals surface area contributed by atoms with Crippen molar-refractivity contribution in [1.29, 1.82) is 0 Å². The quantitative estimate of drug-likeness (QED) is 0.649. The van der Waals surface area contributed by atoms with Gasteiger partial charge in [0.05, 0.1) is 11.1 Å². The number of rotatable bonds is 5. The Morgan fingerprint density at radius 1 is 1.42 bits per heavy atom. The van der Waals surface area contributed by atoms with E-state index in [2.05, 4.69) is 40.3 Å². The number of aromatic amines is 1. The second-order valence-corrected chi connectivity index (χ2v) is 6.08. The highest BCUT2D eigenvalue weighted by atomic mass is 16.6. The first-order valence-electron chi connectivity index (χ1n) is 7.96. The molecule has 2 heterocycles. The van der Waals surface area contributed by atoms with Crippen molar-refractivity contribution < 1.29 is 9.72 Å². The Balaban J connectivity index is 1.54. The third-order valence-corrected chi connectivity index (χ3v) is 4.46. The molecular weight excluding hydrogens is 308 g/mol. The number of amides is 1. The van der Waals surface area contributed by atoms with Crippen molar-refractivity contribution in [1.82, 2.24) is 15.2 Å². The molecule has 7 heteroatoms. The first-order valence-corrected chi connectivity index (χ1v) is 7.96. The molecule has 0 bridgehead atoms. The summed E-state index contributed by atoms with van der Waals surface area (Å²) in [6.45, 7) is 4.41. The standard InChI is InChI=1S/C17H20N4O3/c1-12(20-7-6-13-4-2-3-5-14(13)11-20)9-19-17(22)16-8-15(10-18-16)21(23)24/h2-5,8,10,12,18H,6-7,9,11H2,1H3,(H,19,22). The minimum absolute atomic E-state index is 0.110. The maximum Gasteiger partial charge on any atom is 0.287 e. The molecule has 24 heavy (non-hydrogen) atoms. The van der Waals surface area contributed by atoms with Crippen LogP contribution < -0.4 is 5.32 Å². The van der Waals surface area contributed by atoms with Gasteiger partial charge in [-0.25, -0.2) is 0 Å². The van der Waals surface area contributed by atoms with Gasteiger partial charge in [0.1, 0.15) is 5.69 Å². The van der Waals surface area contributed by atoms with E-state index in [1.807, 2.05) is 6.07 Å². The fourth-order valence-corrected chi connectivity index (χ4v) is 2.98. The summed E-state index contributed by atoms with van der Waals surface area (Å²) in [7, 11) is 0. The van der Waals surface area contributed by atoms with Gasteiger partial charge in [0.25, 0.3) is 11.6 Å². The minimum Gasteiger partial charge on any atom is -0.351 e. The van der Waals surface area contributed by atoms with Gasteiger partial charge in [-0.2, -0.15) is 0 Å². The SMILES string of the molecule is CC(CNC(=O)c1cc([N+](=O)[O-])c[nH]1)N1CCc2ccccc2C1. The van der Waals surface area contributed by atoms with E-state index < -0.39 is 4.92 Å². The van der Waals surface area contributed by atoms with Gasteiger partial charge in [-0.3, -0.25) is 19.8 Å². The summed E-state index contributed by atoms with van der Waals surface area (Å²) in [5.41, 5.74) is 2.82. The topological polar surface area (TPSA) is 91.3 Å². The van der Waals surface area contributed by atoms with Crippen LogP contribution in [0.25, 0.3) is 0 Å². The molecule has 0 spiro atoms. The molecule has 2 N–H and O–H groups in total. The fraction of sp³-hybridized carbons (Fsp3) is 0.353. The number of benzene rings is 1. The van der Waals surface area contributed by atoms with E-state index in [0.29, 0.717) is 6.54 Å². The largest absolute Gasteiger partial charge is 0.351 e. The van der Waals surface area contributed by atoms with Crippen molar-refractivity contribution in [3.8, 4) is 0 Å². The number of nitrogens with one attached hydrogen (secondary N) is 2. The molecule has 1 aromatic carbocycles. The highest BCUT2D eigenvalue weighted by Gasteiger charge is 2.21. The zero-order valence-corrected chi connectivity index (χ0v) is 13.5. The molecule has 1 atom stereocenters. The number of H-pyrrole nitrogens is 1. The van der Waals surface area contributed by atoms with Crippen molar-refractivity contribution in [3.63, 3.8) is 0 Å². The molecule has 0 fully saturated rings. The number of fused-ring (bicyclic) bond motifs is 1. The number of aromatic nitrogens is 1. The summed E-state index contributed by atoms with van der Waals surface area (Å²) >= 11 is 0. The second kappa shape index (κ2) is 6.84. The summed E-state index contributed by atoms with van der Waals surface area (Å²) in [5, 5.41) is 13.5. The fourth-order valence-electron chi connectivity index (χ4n) is 2.98. The van der Waals surface area contributed by atoms with Crippen LogP contribution in [0.1, 0.15) is 28.5 Å². The van der Waals surface area contributed by atoms with Crippen LogP contribution in [0, 0.1) is 10.1 Å². The average Bonchev–Trinajstić information content (AvgIpc) is 3.09. The van der Waals surface area contributed by atoms with Crippen molar-refractivity contribution in [2.24, 2.45) is 0 Å². The predicted molar refractivity (Wildman–Crippen MR) is 89.8 cm³/mol. The van der Waals surface area contributed by atoms with Crippen LogP contribution in [0.5, 0.6) is 0 Å². The van der Waals surface area contributed by atoms with Crippen LogP contribution in [0.2, 0.25) is 0 Å². The highest BCUT2D eigenvalue weighted by Crippen LogP contribution is 2.20. The van der Waals surface area contributed by atoms with E-state index in [1.165, 1.54) is 23.4 Å². The molecule has 1 unspecified atom stereocenters. The zero-order chi connectivity index (χ0) is 17.1. The van der Waals surface area contributed by atoms with Crippen LogP contribution in [0.4, 0.5) is 5.69 Å². The molecule has 2 aromatic rings. The summed E-state index contributed by atoms with van der Waals surface area (Å²) < 4.78 is 0. The van der Waals surface area contributed by atoms with Gasteiger partial charge in [0, 0.05) is 31.7 Å². The van der Waals surface area contributed by atoms with Gasteiger partial charge >= 0.3 is 0 Å². The number of hydrogen-bond donors (Lipinski definition) is 2. The van der Waals surface area contributed by atoms with Crippen LogP contribution in [-0.4, -0.2) is 39.8 Å². The van der Waals surface area contributed by atoms with Crippen LogP contribution >= 0.6 is 0 Å². The lowest BCUT2D eigenvalue weighted by molar-refractivity contribution is -0.384. The normalized spacial score (nSPS) is 15.5. The lowest BCUT2D eigenvalue weighted by Crippen LogP contribution is -2.44. The third kappa shape index (κ3) is 3.46. The average molecular weight is 328 g/mol. The number of hydrogen-bond acceptors (Lipinski definition) is 4. The second-order valence-electron chi connectivity index (χ2n) is 6.08. The Morgan fingerprint density at radius 3 is 2.88 bits per heavy atom. The van der Waals surface area contributed by atoms with E-state index in [1.54, 1.807) is 0 Å².